The van der Waals surface area contributed by atoms with Gasteiger partial charge < -0.3 is 15.0 Å². The molecule has 0 saturated carbocycles. The van der Waals surface area contributed by atoms with E-state index in [0.29, 0.717) is 0 Å². The van der Waals surface area contributed by atoms with E-state index in [1.165, 1.54) is 12.1 Å². The Bertz CT molecular complexity index is 340. The fraction of sp³-hybridized carbons (Fsp3) is 0.538. The normalized spacial score (nSPS) is 20.1. The predicted molar refractivity (Wildman–Crippen MR) is 67.2 cm³/mol. The topological polar surface area (TPSA) is 24.5 Å². The summed E-state index contributed by atoms with van der Waals surface area (Å²) in [4.78, 5) is 2.42. The number of para-hydroxylation sites is 2. The molecule has 88 valence electrons. The van der Waals surface area contributed by atoms with E-state index >= 15 is 0 Å². The average Bonchev–Trinajstić information content (AvgIpc) is 2.78. The molecule has 1 aromatic carbocycles. The number of nitrogens with zero attached hydrogens (tertiary/aromatic N) is 1. The summed E-state index contributed by atoms with van der Waals surface area (Å²) in [5, 5.41) is 3.25. The summed E-state index contributed by atoms with van der Waals surface area (Å²) in [7, 11) is 3.76. The van der Waals surface area contributed by atoms with Gasteiger partial charge in [-0.05, 0) is 38.1 Å². The lowest BCUT2D eigenvalue weighted by Gasteiger charge is -2.21. The lowest BCUT2D eigenvalue weighted by Crippen LogP contribution is -2.24. The molecule has 16 heavy (non-hydrogen) atoms. The highest BCUT2D eigenvalue weighted by Crippen LogP contribution is 2.31. The minimum atomic E-state index is 0.759. The van der Waals surface area contributed by atoms with Crippen LogP contribution in [0, 0.1) is 5.92 Å². The van der Waals surface area contributed by atoms with Crippen LogP contribution in [0.2, 0.25) is 0 Å². The molecule has 2 rings (SSSR count). The summed E-state index contributed by atoms with van der Waals surface area (Å²) in [6.07, 6.45) is 1.26. The van der Waals surface area contributed by atoms with Crippen molar-refractivity contribution in [3.05, 3.63) is 24.3 Å². The highest BCUT2D eigenvalue weighted by Gasteiger charge is 2.23. The summed E-state index contributed by atoms with van der Waals surface area (Å²) in [5.74, 6) is 1.74. The Morgan fingerprint density at radius 2 is 2.25 bits per heavy atom. The molecule has 1 aliphatic rings. The van der Waals surface area contributed by atoms with Crippen molar-refractivity contribution in [3.8, 4) is 5.75 Å². The van der Waals surface area contributed by atoms with Gasteiger partial charge in [0.25, 0.3) is 0 Å². The van der Waals surface area contributed by atoms with E-state index < -0.39 is 0 Å². The molecule has 0 amide bonds. The second-order valence-electron chi connectivity index (χ2n) is 4.33. The van der Waals surface area contributed by atoms with Gasteiger partial charge in [0.05, 0.1) is 12.8 Å². The second-order valence-corrected chi connectivity index (χ2v) is 4.33. The number of hydrogen-bond acceptors (Lipinski definition) is 3. The fourth-order valence-electron chi connectivity index (χ4n) is 2.40. The zero-order valence-corrected chi connectivity index (χ0v) is 10.1. The summed E-state index contributed by atoms with van der Waals surface area (Å²) in [6, 6.07) is 8.26. The van der Waals surface area contributed by atoms with E-state index in [1.54, 1.807) is 7.11 Å². The molecule has 1 unspecified atom stereocenters. The fourth-order valence-corrected chi connectivity index (χ4v) is 2.40. The minimum absolute atomic E-state index is 0.759. The molecule has 1 aromatic rings. The zero-order chi connectivity index (χ0) is 11.4. The van der Waals surface area contributed by atoms with Gasteiger partial charge in [-0.2, -0.15) is 0 Å². The Morgan fingerprint density at radius 1 is 1.44 bits per heavy atom. The van der Waals surface area contributed by atoms with Gasteiger partial charge in [0.15, 0.2) is 0 Å². The van der Waals surface area contributed by atoms with Crippen LogP contribution in [0.5, 0.6) is 5.75 Å². The van der Waals surface area contributed by atoms with E-state index in [1.807, 2.05) is 19.2 Å². The molecular weight excluding hydrogens is 200 g/mol. The van der Waals surface area contributed by atoms with Gasteiger partial charge in [-0.25, -0.2) is 0 Å². The van der Waals surface area contributed by atoms with Crippen LogP contribution in [-0.4, -0.2) is 33.8 Å². The van der Waals surface area contributed by atoms with Crippen LogP contribution in [0.25, 0.3) is 0 Å². The first-order valence-corrected chi connectivity index (χ1v) is 5.87. The van der Waals surface area contributed by atoms with Crippen molar-refractivity contribution in [2.45, 2.75) is 6.42 Å². The van der Waals surface area contributed by atoms with Gasteiger partial charge in [-0.15, -0.1) is 0 Å². The Kier molecular flexibility index (Phi) is 3.67. The van der Waals surface area contributed by atoms with Gasteiger partial charge >= 0.3 is 0 Å². The lowest BCUT2D eigenvalue weighted by atomic mass is 10.1. The summed E-state index contributed by atoms with van der Waals surface area (Å²) in [6.45, 7) is 3.36. The number of benzene rings is 1. The van der Waals surface area contributed by atoms with Crippen molar-refractivity contribution in [1.82, 2.24) is 5.32 Å². The number of nitrogens with one attached hydrogen (secondary N) is 1. The minimum Gasteiger partial charge on any atom is -0.495 e. The molecular formula is C13H20N2O. The molecule has 3 nitrogen and oxygen atoms in total. The quantitative estimate of drug-likeness (QED) is 0.836. The monoisotopic (exact) mass is 220 g/mol. The second kappa shape index (κ2) is 5.21. The van der Waals surface area contributed by atoms with Crippen molar-refractivity contribution < 1.29 is 4.74 Å². The Hall–Kier alpha value is -1.22. The van der Waals surface area contributed by atoms with Crippen LogP contribution >= 0.6 is 0 Å². The van der Waals surface area contributed by atoms with Crippen molar-refractivity contribution in [2.75, 3.05) is 38.7 Å². The van der Waals surface area contributed by atoms with E-state index in [2.05, 4.69) is 22.3 Å². The molecule has 0 bridgehead atoms. The predicted octanol–water partition coefficient (Wildman–Crippen LogP) is 1.74. The number of ether oxygens (including phenoxy) is 1. The molecule has 1 atom stereocenters. The average molecular weight is 220 g/mol. The van der Waals surface area contributed by atoms with Crippen LogP contribution in [0.15, 0.2) is 24.3 Å². The zero-order valence-electron chi connectivity index (χ0n) is 10.1. The Labute approximate surface area is 97.4 Å². The van der Waals surface area contributed by atoms with Crippen molar-refractivity contribution in [3.63, 3.8) is 0 Å². The maximum absolute atomic E-state index is 5.40. The smallest absolute Gasteiger partial charge is 0.142 e. The first-order chi connectivity index (χ1) is 7.85. The first kappa shape index (κ1) is 11.3. The van der Waals surface area contributed by atoms with Gasteiger partial charge in [-0.1, -0.05) is 12.1 Å². The molecule has 0 aromatic heterocycles. The third-order valence-corrected chi connectivity index (χ3v) is 3.20. The molecule has 3 heteroatoms. The molecule has 0 radical (unpaired) electrons. The van der Waals surface area contributed by atoms with E-state index in [0.717, 1.165) is 31.3 Å². The standard InChI is InChI=1S/C13H20N2O/c1-14-9-11-7-8-15(10-11)12-5-3-4-6-13(12)16-2/h3-6,11,14H,7-10H2,1-2H3. The first-order valence-electron chi connectivity index (χ1n) is 5.87. The third kappa shape index (κ3) is 2.30. The van der Waals surface area contributed by atoms with Gasteiger partial charge in [0, 0.05) is 13.1 Å². The van der Waals surface area contributed by atoms with Crippen LogP contribution in [0.3, 0.4) is 0 Å². The van der Waals surface area contributed by atoms with E-state index in [4.69, 9.17) is 4.74 Å². The molecule has 0 aliphatic carbocycles. The highest BCUT2D eigenvalue weighted by atomic mass is 16.5. The van der Waals surface area contributed by atoms with Gasteiger partial charge in [0.2, 0.25) is 0 Å². The third-order valence-electron chi connectivity index (χ3n) is 3.20. The van der Waals surface area contributed by atoms with Crippen LogP contribution < -0.4 is 15.0 Å². The maximum atomic E-state index is 5.40. The van der Waals surface area contributed by atoms with Crippen molar-refractivity contribution in [2.24, 2.45) is 5.92 Å². The summed E-state index contributed by atoms with van der Waals surface area (Å²) >= 11 is 0. The summed E-state index contributed by atoms with van der Waals surface area (Å²) in [5.41, 5.74) is 1.23. The van der Waals surface area contributed by atoms with Crippen LogP contribution in [0.4, 0.5) is 5.69 Å². The molecule has 1 saturated heterocycles. The molecule has 1 heterocycles. The number of anilines is 1. The van der Waals surface area contributed by atoms with E-state index in [-0.39, 0.29) is 0 Å². The molecule has 1 N–H and O–H groups in total. The maximum Gasteiger partial charge on any atom is 0.142 e. The van der Waals surface area contributed by atoms with Crippen molar-refractivity contribution in [1.29, 1.82) is 0 Å². The van der Waals surface area contributed by atoms with E-state index in [9.17, 15) is 0 Å². The molecule has 1 aliphatic heterocycles. The lowest BCUT2D eigenvalue weighted by molar-refractivity contribution is 0.414. The van der Waals surface area contributed by atoms with Crippen LogP contribution in [0.1, 0.15) is 6.42 Å². The van der Waals surface area contributed by atoms with Gasteiger partial charge in [0.1, 0.15) is 5.75 Å². The number of rotatable bonds is 4. The van der Waals surface area contributed by atoms with Crippen molar-refractivity contribution >= 4 is 5.69 Å². The number of methoxy groups -OCH3 is 1. The Morgan fingerprint density at radius 3 is 3.00 bits per heavy atom. The highest BCUT2D eigenvalue weighted by molar-refractivity contribution is 5.58. The number of hydrogen-bond donors (Lipinski definition) is 1. The van der Waals surface area contributed by atoms with Gasteiger partial charge in [-0.3, -0.25) is 0 Å². The molecule has 0 spiro atoms. The van der Waals surface area contributed by atoms with Crippen LogP contribution in [-0.2, 0) is 0 Å². The summed E-state index contributed by atoms with van der Waals surface area (Å²) < 4.78 is 5.40. The Balaban J connectivity index is 2.08. The largest absolute Gasteiger partial charge is 0.495 e. The molecule has 1 fully saturated rings. The SMILES string of the molecule is CNCC1CCN(c2ccccc2OC)C1.